The highest BCUT2D eigenvalue weighted by molar-refractivity contribution is 5.93. The molecule has 208 valence electrons. The van der Waals surface area contributed by atoms with Crippen LogP contribution in [-0.4, -0.2) is 50.5 Å². The molecule has 0 atom stereocenters. The minimum atomic E-state index is -0.202. The lowest BCUT2D eigenvalue weighted by molar-refractivity contribution is 0.0710. The number of aromatic nitrogens is 3. The molecule has 0 radical (unpaired) electrons. The van der Waals surface area contributed by atoms with Crippen molar-refractivity contribution < 1.29 is 13.9 Å². The second kappa shape index (κ2) is 10.9. The molecule has 2 aromatic heterocycles. The molecule has 0 unspecified atom stereocenters. The second-order valence-corrected chi connectivity index (χ2v) is 11.2. The number of nitrogens with one attached hydrogen (secondary N) is 2. The van der Waals surface area contributed by atoms with E-state index in [1.165, 1.54) is 0 Å². The number of rotatable bonds is 8. The second-order valence-electron chi connectivity index (χ2n) is 11.2. The molecule has 6 rings (SSSR count). The van der Waals surface area contributed by atoms with Gasteiger partial charge < -0.3 is 19.9 Å². The van der Waals surface area contributed by atoms with E-state index in [1.54, 1.807) is 30.5 Å². The van der Waals surface area contributed by atoms with Gasteiger partial charge in [0.15, 0.2) is 0 Å². The molecule has 2 fully saturated rings. The number of carbonyl (C=O) groups excluding carboxylic acids is 1. The zero-order chi connectivity index (χ0) is 27.8. The highest BCUT2D eigenvalue weighted by atomic mass is 19.1. The lowest BCUT2D eigenvalue weighted by Crippen LogP contribution is -2.61. The number of carbonyl (C=O) groups is 1. The third-order valence-electron chi connectivity index (χ3n) is 8.07. The van der Waals surface area contributed by atoms with Crippen molar-refractivity contribution in [2.24, 2.45) is 7.05 Å². The minimum Gasteiger partial charge on any atom is -0.457 e. The summed E-state index contributed by atoms with van der Waals surface area (Å²) in [5.74, 6) is 1.73. The summed E-state index contributed by atoms with van der Waals surface area (Å²) >= 11 is 0. The smallest absolute Gasteiger partial charge is 0.270 e. The largest absolute Gasteiger partial charge is 0.457 e. The first-order valence-electron chi connectivity index (χ1n) is 14.1. The van der Waals surface area contributed by atoms with Crippen LogP contribution in [0.4, 0.5) is 16.0 Å². The number of amides is 1. The molecule has 1 amide bonds. The lowest BCUT2D eigenvalue weighted by Gasteiger charge is -2.42. The van der Waals surface area contributed by atoms with Crippen LogP contribution < -0.4 is 15.4 Å². The molecule has 1 aliphatic heterocycles. The molecule has 9 heteroatoms. The maximum absolute atomic E-state index is 14.5. The first-order chi connectivity index (χ1) is 19.3. The van der Waals surface area contributed by atoms with Crippen LogP contribution in [0.5, 0.6) is 11.5 Å². The zero-order valence-electron chi connectivity index (χ0n) is 23.2. The van der Waals surface area contributed by atoms with Crippen molar-refractivity contribution in [3.63, 3.8) is 0 Å². The van der Waals surface area contributed by atoms with Crippen LogP contribution in [0.3, 0.4) is 0 Å². The van der Waals surface area contributed by atoms with Gasteiger partial charge in [-0.1, -0.05) is 12.8 Å². The Balaban J connectivity index is 1.15. The summed E-state index contributed by atoms with van der Waals surface area (Å²) in [7, 11) is 1.94. The molecule has 3 heterocycles. The summed E-state index contributed by atoms with van der Waals surface area (Å²) in [6.07, 6.45) is 5.97. The lowest BCUT2D eigenvalue weighted by atomic mass is 9.96. The number of ether oxygens (including phenoxy) is 1. The topological polar surface area (TPSA) is 84.3 Å². The molecule has 2 N–H and O–H groups in total. The summed E-state index contributed by atoms with van der Waals surface area (Å²) in [4.78, 5) is 24.0. The Labute approximate surface area is 233 Å². The van der Waals surface area contributed by atoms with Crippen molar-refractivity contribution in [2.45, 2.75) is 57.5 Å². The van der Waals surface area contributed by atoms with Gasteiger partial charge in [-0.25, -0.2) is 9.37 Å². The van der Waals surface area contributed by atoms with Gasteiger partial charge in [-0.2, -0.15) is 0 Å². The van der Waals surface area contributed by atoms with Crippen LogP contribution in [0, 0.1) is 5.82 Å². The van der Waals surface area contributed by atoms with Gasteiger partial charge in [0.1, 0.15) is 23.0 Å². The standard InChI is InChI=1S/C31H35FN6O2/c1-19(2)38-17-22(18-38)34-30(39)28-16-24(12-13-33-28)40-23-9-11-29-27(15-23)36-31(37(29)3)35-21-8-10-26(32)25(14-21)20-6-4-5-7-20/h8-16,19-20,22H,4-7,17-18H2,1-3H3,(H,34,39)(H,35,36). The van der Waals surface area contributed by atoms with Gasteiger partial charge in [0.25, 0.3) is 5.91 Å². The Morgan fingerprint density at radius 2 is 1.82 bits per heavy atom. The quantitative estimate of drug-likeness (QED) is 0.279. The van der Waals surface area contributed by atoms with E-state index in [0.29, 0.717) is 29.2 Å². The van der Waals surface area contributed by atoms with Crippen molar-refractivity contribution >= 4 is 28.6 Å². The van der Waals surface area contributed by atoms with Crippen LogP contribution >= 0.6 is 0 Å². The van der Waals surface area contributed by atoms with Gasteiger partial charge in [0, 0.05) is 50.2 Å². The fourth-order valence-electron chi connectivity index (χ4n) is 5.68. The Hall–Kier alpha value is -3.98. The zero-order valence-corrected chi connectivity index (χ0v) is 23.2. The van der Waals surface area contributed by atoms with Crippen molar-refractivity contribution in [2.75, 3.05) is 18.4 Å². The molecule has 2 aliphatic rings. The Bertz CT molecular complexity index is 1540. The number of benzene rings is 2. The van der Waals surface area contributed by atoms with E-state index < -0.39 is 0 Å². The summed E-state index contributed by atoms with van der Waals surface area (Å²) in [6.45, 7) is 6.00. The maximum atomic E-state index is 14.5. The van der Waals surface area contributed by atoms with Crippen LogP contribution in [0.15, 0.2) is 54.7 Å². The number of hydrogen-bond donors (Lipinski definition) is 2. The van der Waals surface area contributed by atoms with E-state index in [0.717, 1.165) is 61.1 Å². The number of aryl methyl sites for hydroxylation is 1. The summed E-state index contributed by atoms with van der Waals surface area (Å²) < 4.78 is 22.6. The number of fused-ring (bicyclic) bond motifs is 1. The van der Waals surface area contributed by atoms with E-state index in [9.17, 15) is 9.18 Å². The van der Waals surface area contributed by atoms with Crippen LogP contribution in [0.1, 0.15) is 61.5 Å². The highest BCUT2D eigenvalue weighted by Crippen LogP contribution is 2.37. The maximum Gasteiger partial charge on any atom is 0.270 e. The Morgan fingerprint density at radius 3 is 2.60 bits per heavy atom. The van der Waals surface area contributed by atoms with Crippen LogP contribution in [0.25, 0.3) is 11.0 Å². The molecule has 8 nitrogen and oxygen atoms in total. The fraction of sp³-hybridized carbons (Fsp3) is 0.387. The van der Waals surface area contributed by atoms with E-state index in [2.05, 4.69) is 34.4 Å². The van der Waals surface area contributed by atoms with Crippen molar-refractivity contribution in [1.82, 2.24) is 24.8 Å². The SMILES string of the molecule is CC(C)N1CC(NC(=O)c2cc(Oc3ccc4c(c3)nc(Nc3ccc(F)c(C5CCCC5)c3)n4C)ccn2)C1. The predicted octanol–water partition coefficient (Wildman–Crippen LogP) is 6.12. The third-order valence-corrected chi connectivity index (χ3v) is 8.07. The normalized spacial score (nSPS) is 16.4. The van der Waals surface area contributed by atoms with Crippen LogP contribution in [-0.2, 0) is 7.05 Å². The van der Waals surface area contributed by atoms with Crippen LogP contribution in [0.2, 0.25) is 0 Å². The van der Waals surface area contributed by atoms with Gasteiger partial charge in [-0.3, -0.25) is 14.7 Å². The van der Waals surface area contributed by atoms with Crippen molar-refractivity contribution in [1.29, 1.82) is 0 Å². The average molecular weight is 543 g/mol. The molecular weight excluding hydrogens is 507 g/mol. The molecule has 1 saturated heterocycles. The summed E-state index contributed by atoms with van der Waals surface area (Å²) in [5, 5.41) is 6.41. The number of anilines is 2. The molecule has 2 aromatic carbocycles. The molecule has 0 bridgehead atoms. The number of hydrogen-bond acceptors (Lipinski definition) is 6. The monoisotopic (exact) mass is 542 g/mol. The third kappa shape index (κ3) is 5.38. The minimum absolute atomic E-state index is 0.137. The molecular formula is C31H35FN6O2. The molecule has 1 aliphatic carbocycles. The Morgan fingerprint density at radius 1 is 1.05 bits per heavy atom. The summed E-state index contributed by atoms with van der Waals surface area (Å²) in [6, 6.07) is 14.9. The van der Waals surface area contributed by atoms with Gasteiger partial charge in [0.2, 0.25) is 5.95 Å². The number of nitrogens with zero attached hydrogens (tertiary/aromatic N) is 4. The first-order valence-corrected chi connectivity index (χ1v) is 14.1. The van der Waals surface area contributed by atoms with Gasteiger partial charge in [-0.05, 0) is 74.6 Å². The fourth-order valence-corrected chi connectivity index (χ4v) is 5.68. The molecule has 1 saturated carbocycles. The van der Waals surface area contributed by atoms with E-state index in [4.69, 9.17) is 9.72 Å². The van der Waals surface area contributed by atoms with E-state index in [1.807, 2.05) is 35.9 Å². The first kappa shape index (κ1) is 26.3. The number of imidazole rings is 1. The number of likely N-dealkylation sites (tertiary alicyclic amines) is 1. The highest BCUT2D eigenvalue weighted by Gasteiger charge is 2.30. The van der Waals surface area contributed by atoms with Crippen molar-refractivity contribution in [3.8, 4) is 11.5 Å². The molecule has 4 aromatic rings. The predicted molar refractivity (Wildman–Crippen MR) is 154 cm³/mol. The molecule has 40 heavy (non-hydrogen) atoms. The molecule has 0 spiro atoms. The average Bonchev–Trinajstić information content (AvgIpc) is 3.55. The van der Waals surface area contributed by atoms with Crippen molar-refractivity contribution in [3.05, 3.63) is 71.8 Å². The van der Waals surface area contributed by atoms with Gasteiger partial charge in [-0.15, -0.1) is 0 Å². The Kier molecular flexibility index (Phi) is 7.14. The van der Waals surface area contributed by atoms with Gasteiger partial charge in [0.05, 0.1) is 17.1 Å². The summed E-state index contributed by atoms with van der Waals surface area (Å²) in [5.41, 5.74) is 3.61. The number of pyridine rings is 1. The number of halogens is 1. The van der Waals surface area contributed by atoms with Gasteiger partial charge >= 0.3 is 0 Å². The van der Waals surface area contributed by atoms with E-state index >= 15 is 0 Å². The van der Waals surface area contributed by atoms with E-state index in [-0.39, 0.29) is 23.7 Å².